The van der Waals surface area contributed by atoms with Gasteiger partial charge in [0.25, 0.3) is 11.5 Å². The summed E-state index contributed by atoms with van der Waals surface area (Å²) in [4.78, 5) is 28.2. The van der Waals surface area contributed by atoms with E-state index >= 15 is 0 Å². The Morgan fingerprint density at radius 1 is 1.02 bits per heavy atom. The number of ether oxygens (including phenoxy) is 3. The van der Waals surface area contributed by atoms with Crippen LogP contribution in [0.15, 0.2) is 59.5 Å². The summed E-state index contributed by atoms with van der Waals surface area (Å²) in [6.07, 6.45) is 4.19. The molecule has 0 saturated carbocycles. The first-order chi connectivity index (χ1) is 18.9. The number of carbonyl (C=O) groups excluding carboxylic acids is 2. The summed E-state index contributed by atoms with van der Waals surface area (Å²) in [5, 5.41) is 3.00. The number of allylic oxidation sites excluding steroid dienone is 1. The van der Waals surface area contributed by atoms with Crippen LogP contribution >= 0.6 is 0 Å². The van der Waals surface area contributed by atoms with Gasteiger partial charge in [0.2, 0.25) is 14.1 Å². The smallest absolute Gasteiger partial charge is 0.279 e. The van der Waals surface area contributed by atoms with Crippen molar-refractivity contribution in [2.45, 2.75) is 116 Å². The average Bonchev–Trinajstić information content (AvgIpc) is 3.48. The Bertz CT molecular complexity index is 1180. The Balaban J connectivity index is 1.84. The molecule has 4 rings (SSSR count). The summed E-state index contributed by atoms with van der Waals surface area (Å²) in [6, 6.07) is 9.74. The van der Waals surface area contributed by atoms with Crippen molar-refractivity contribution in [3.05, 3.63) is 65.1 Å². The van der Waals surface area contributed by atoms with E-state index in [-0.39, 0.29) is 22.4 Å². The molecule has 3 heterocycles. The number of benzene rings is 1. The van der Waals surface area contributed by atoms with Gasteiger partial charge in [-0.05, 0) is 48.5 Å². The van der Waals surface area contributed by atoms with Crippen molar-refractivity contribution in [3.63, 3.8) is 0 Å². The zero-order chi connectivity index (χ0) is 29.4. The van der Waals surface area contributed by atoms with Crippen LogP contribution in [0.1, 0.15) is 74.3 Å². The first-order valence-electron chi connectivity index (χ1n) is 14.6. The molecule has 3 aliphatic heterocycles. The molecule has 1 spiro atoms. The number of hydrogen-bond acceptors (Lipinski definition) is 6. The molecule has 218 valence electrons. The van der Waals surface area contributed by atoms with Gasteiger partial charge in [-0.1, -0.05) is 91.0 Å². The maximum atomic E-state index is 14.3. The molecule has 1 N–H and O–H groups in total. The van der Waals surface area contributed by atoms with E-state index < -0.39 is 44.4 Å². The second-order valence-electron chi connectivity index (χ2n) is 12.0. The highest BCUT2D eigenvalue weighted by molar-refractivity contribution is 6.77. The Morgan fingerprint density at radius 3 is 2.23 bits per heavy atom. The van der Waals surface area contributed by atoms with Crippen LogP contribution in [-0.2, 0) is 28.2 Å². The van der Waals surface area contributed by atoms with Crippen LogP contribution in [-0.4, -0.2) is 50.2 Å². The van der Waals surface area contributed by atoms with Gasteiger partial charge >= 0.3 is 0 Å². The molecule has 3 aliphatic rings. The van der Waals surface area contributed by atoms with E-state index in [1.165, 1.54) is 0 Å². The molecule has 1 aromatic carbocycles. The second-order valence-corrected chi connectivity index (χ2v) is 17.4. The third-order valence-corrected chi connectivity index (χ3v) is 14.6. The fourth-order valence-corrected chi connectivity index (χ4v) is 12.3. The highest BCUT2D eigenvalue weighted by Crippen LogP contribution is 2.50. The van der Waals surface area contributed by atoms with E-state index in [2.05, 4.69) is 46.9 Å². The summed E-state index contributed by atoms with van der Waals surface area (Å²) in [6.45, 7) is 18.7. The van der Waals surface area contributed by atoms with Gasteiger partial charge in [0.15, 0.2) is 6.29 Å². The normalized spacial score (nSPS) is 30.2. The Kier molecular flexibility index (Phi) is 8.95. The van der Waals surface area contributed by atoms with Crippen molar-refractivity contribution in [3.8, 4) is 0 Å². The number of amides is 1. The maximum Gasteiger partial charge on any atom is 0.279 e. The molecule has 0 aromatic heterocycles. The topological polar surface area (TPSA) is 83.1 Å². The molecule has 0 unspecified atom stereocenters. The molecule has 1 amide bonds. The molecule has 0 aliphatic carbocycles. The lowest BCUT2D eigenvalue weighted by Gasteiger charge is -2.45. The van der Waals surface area contributed by atoms with Gasteiger partial charge in [-0.15, -0.1) is 0 Å². The minimum Gasteiger partial charge on any atom is -0.467 e. The van der Waals surface area contributed by atoms with Gasteiger partial charge in [-0.25, -0.2) is 0 Å². The van der Waals surface area contributed by atoms with Crippen LogP contribution in [0.3, 0.4) is 0 Å². The molecule has 0 bridgehead atoms. The van der Waals surface area contributed by atoms with Gasteiger partial charge in [0.1, 0.15) is 24.1 Å². The van der Waals surface area contributed by atoms with Crippen LogP contribution in [0, 0.1) is 0 Å². The lowest BCUT2D eigenvalue weighted by molar-refractivity contribution is -0.153. The summed E-state index contributed by atoms with van der Waals surface area (Å²) >= 11 is 0. The van der Waals surface area contributed by atoms with Gasteiger partial charge in [0.05, 0.1) is 5.70 Å². The van der Waals surface area contributed by atoms with E-state index in [9.17, 15) is 9.59 Å². The summed E-state index contributed by atoms with van der Waals surface area (Å²) < 4.78 is 25.9. The predicted molar refractivity (Wildman–Crippen MR) is 159 cm³/mol. The molecule has 2 saturated heterocycles. The second kappa shape index (κ2) is 11.8. The SMILES string of the molecule is CC/C=C\[C@@H]1O[C@H](C)O[C@@H]1C1=C(C)C(=O)[C@]2(O1)C(=O)N/C(=C\c1ccccc1)[C@@H]2O[Si](C(C)C)(C(C)C)C(C)C. The van der Waals surface area contributed by atoms with E-state index in [1.54, 1.807) is 6.92 Å². The number of ketones is 1. The lowest BCUT2D eigenvalue weighted by atomic mass is 9.90. The highest BCUT2D eigenvalue weighted by atomic mass is 28.4. The average molecular weight is 568 g/mol. The van der Waals surface area contributed by atoms with Crippen molar-refractivity contribution < 1.29 is 28.2 Å². The Morgan fingerprint density at radius 2 is 1.65 bits per heavy atom. The summed E-state index contributed by atoms with van der Waals surface area (Å²) in [5.74, 6) is -0.552. The van der Waals surface area contributed by atoms with Crippen molar-refractivity contribution >= 4 is 26.1 Å². The lowest BCUT2D eigenvalue weighted by Crippen LogP contribution is -2.59. The van der Waals surface area contributed by atoms with Gasteiger partial charge in [-0.3, -0.25) is 9.59 Å². The molecule has 7 nitrogen and oxygen atoms in total. The molecule has 40 heavy (non-hydrogen) atoms. The summed E-state index contributed by atoms with van der Waals surface area (Å²) in [7, 11) is -2.57. The summed E-state index contributed by atoms with van der Waals surface area (Å²) in [5.41, 5.74) is 0.643. The molecule has 0 radical (unpaired) electrons. The Labute approximate surface area is 240 Å². The van der Waals surface area contributed by atoms with E-state index in [0.29, 0.717) is 17.0 Å². The molecule has 1 aromatic rings. The zero-order valence-electron chi connectivity index (χ0n) is 25.3. The van der Waals surface area contributed by atoms with Gasteiger partial charge in [0, 0.05) is 5.57 Å². The van der Waals surface area contributed by atoms with Crippen molar-refractivity contribution in [1.29, 1.82) is 0 Å². The van der Waals surface area contributed by atoms with Crippen molar-refractivity contribution in [2.24, 2.45) is 0 Å². The fraction of sp³-hybridized carbons (Fsp3) is 0.562. The number of nitrogens with one attached hydrogen (secondary N) is 1. The first kappa shape index (κ1) is 30.4. The number of carbonyl (C=O) groups is 2. The van der Waals surface area contributed by atoms with E-state index in [4.69, 9.17) is 18.6 Å². The minimum atomic E-state index is -2.57. The van der Waals surface area contributed by atoms with Gasteiger partial charge in [-0.2, -0.15) is 0 Å². The molecular weight excluding hydrogens is 522 g/mol. The highest BCUT2D eigenvalue weighted by Gasteiger charge is 2.68. The predicted octanol–water partition coefficient (Wildman–Crippen LogP) is 6.43. The number of Topliss-reactive ketones (excluding diaryl/α,β-unsaturated/α-hetero) is 1. The fourth-order valence-electron chi connectivity index (χ4n) is 6.74. The minimum absolute atomic E-state index is 0.235. The van der Waals surface area contributed by atoms with Crippen LogP contribution in [0.25, 0.3) is 6.08 Å². The van der Waals surface area contributed by atoms with Crippen molar-refractivity contribution in [1.82, 2.24) is 5.32 Å². The van der Waals surface area contributed by atoms with Crippen LogP contribution in [0.5, 0.6) is 0 Å². The van der Waals surface area contributed by atoms with Crippen LogP contribution in [0.2, 0.25) is 16.6 Å². The monoisotopic (exact) mass is 567 g/mol. The number of hydrogen-bond donors (Lipinski definition) is 1. The van der Waals surface area contributed by atoms with E-state index in [0.717, 1.165) is 12.0 Å². The maximum absolute atomic E-state index is 14.3. The van der Waals surface area contributed by atoms with E-state index in [1.807, 2.05) is 62.4 Å². The standard InChI is InChI=1S/C32H45NO6Si/c1-10-11-17-26-28(37-23(9)36-26)27-22(8)29(34)32(38-27)30(39-40(19(2)3,20(4)5)21(6)7)25(33-31(32)35)18-24-15-13-12-14-16-24/h11-21,23,26,28,30H,10H2,1-9H3,(H,33,35)/b17-11-,25-18-/t23-,26-,28-,30-,32+/m0/s1. The third-order valence-electron chi connectivity index (χ3n) is 8.52. The first-order valence-corrected chi connectivity index (χ1v) is 16.7. The zero-order valence-corrected chi connectivity index (χ0v) is 26.3. The molecule has 8 heteroatoms. The number of rotatable bonds is 9. The van der Waals surface area contributed by atoms with Crippen molar-refractivity contribution in [2.75, 3.05) is 0 Å². The van der Waals surface area contributed by atoms with Crippen LogP contribution in [0.4, 0.5) is 0 Å². The Hall–Kier alpha value is -2.52. The molecular formula is C32H45NO6Si. The van der Waals surface area contributed by atoms with Gasteiger partial charge < -0.3 is 24.0 Å². The quantitative estimate of drug-likeness (QED) is 0.210. The largest absolute Gasteiger partial charge is 0.467 e. The molecule has 2 fully saturated rings. The third kappa shape index (κ3) is 5.04. The molecule has 5 atom stereocenters. The van der Waals surface area contributed by atoms with Crippen LogP contribution < -0.4 is 5.32 Å².